The first kappa shape index (κ1) is 20.4. The Morgan fingerprint density at radius 1 is 1.18 bits per heavy atom. The van der Waals surface area contributed by atoms with Gasteiger partial charge in [0.2, 0.25) is 5.91 Å². The van der Waals surface area contributed by atoms with E-state index in [1.165, 1.54) is 19.3 Å². The van der Waals surface area contributed by atoms with Crippen LogP contribution in [0.2, 0.25) is 0 Å². The number of nitrogens with one attached hydrogen (secondary N) is 1. The molecule has 1 heterocycles. The van der Waals surface area contributed by atoms with Crippen LogP contribution in [0.1, 0.15) is 74.6 Å². The van der Waals surface area contributed by atoms with Crippen molar-refractivity contribution in [1.82, 2.24) is 5.32 Å². The van der Waals surface area contributed by atoms with Crippen molar-refractivity contribution in [1.29, 1.82) is 0 Å². The van der Waals surface area contributed by atoms with Gasteiger partial charge in [0.1, 0.15) is 0 Å². The Morgan fingerprint density at radius 2 is 1.96 bits per heavy atom. The molecule has 2 N–H and O–H groups in total. The third-order valence-corrected chi connectivity index (χ3v) is 5.88. The second kappa shape index (κ2) is 9.71. The summed E-state index contributed by atoms with van der Waals surface area (Å²) >= 11 is 0. The molecule has 3 rings (SSSR count). The van der Waals surface area contributed by atoms with Crippen LogP contribution in [0.5, 0.6) is 0 Å². The van der Waals surface area contributed by atoms with Gasteiger partial charge in [-0.15, -0.1) is 0 Å². The molecule has 152 valence electrons. The molecule has 1 saturated carbocycles. The van der Waals surface area contributed by atoms with Gasteiger partial charge < -0.3 is 15.3 Å². The van der Waals surface area contributed by atoms with Crippen molar-refractivity contribution in [3.63, 3.8) is 0 Å². The first-order valence-corrected chi connectivity index (χ1v) is 10.5. The van der Waals surface area contributed by atoms with E-state index in [1.807, 2.05) is 6.07 Å². The molecule has 28 heavy (non-hydrogen) atoms. The highest BCUT2D eigenvalue weighted by Crippen LogP contribution is 2.28. The maximum atomic E-state index is 12.8. The Morgan fingerprint density at radius 3 is 2.64 bits per heavy atom. The Hall–Kier alpha value is -2.37. The number of carboxylic acids is 1. The van der Waals surface area contributed by atoms with E-state index in [4.69, 9.17) is 5.11 Å². The van der Waals surface area contributed by atoms with E-state index in [9.17, 15) is 14.4 Å². The first-order chi connectivity index (χ1) is 13.5. The van der Waals surface area contributed by atoms with Crippen LogP contribution in [-0.4, -0.2) is 35.5 Å². The van der Waals surface area contributed by atoms with E-state index in [-0.39, 0.29) is 24.3 Å². The highest BCUT2D eigenvalue weighted by Gasteiger charge is 2.24. The molecule has 1 atom stereocenters. The van der Waals surface area contributed by atoms with E-state index in [1.54, 1.807) is 23.1 Å². The third kappa shape index (κ3) is 5.57. The van der Waals surface area contributed by atoms with Crippen molar-refractivity contribution < 1.29 is 19.5 Å². The maximum Gasteiger partial charge on any atom is 0.303 e. The zero-order chi connectivity index (χ0) is 19.9. The minimum Gasteiger partial charge on any atom is -0.481 e. The molecule has 6 nitrogen and oxygen atoms in total. The summed E-state index contributed by atoms with van der Waals surface area (Å²) in [6.07, 6.45) is 8.75. The summed E-state index contributed by atoms with van der Waals surface area (Å²) in [4.78, 5) is 37.5. The smallest absolute Gasteiger partial charge is 0.303 e. The normalized spacial score (nSPS) is 18.9. The number of carbonyl (C=O) groups excluding carboxylic acids is 2. The van der Waals surface area contributed by atoms with Crippen LogP contribution in [-0.2, 0) is 9.59 Å². The van der Waals surface area contributed by atoms with Crippen molar-refractivity contribution in [2.24, 2.45) is 5.92 Å². The molecular weight excluding hydrogens is 356 g/mol. The molecule has 2 aliphatic rings. The minimum absolute atomic E-state index is 0.0555. The summed E-state index contributed by atoms with van der Waals surface area (Å²) in [5.74, 6) is -0.382. The Balaban J connectivity index is 1.66. The number of rotatable bonds is 8. The zero-order valence-electron chi connectivity index (χ0n) is 16.4. The molecule has 2 fully saturated rings. The highest BCUT2D eigenvalue weighted by atomic mass is 16.4. The number of carboxylic acid groups (broad SMARTS) is 1. The van der Waals surface area contributed by atoms with Gasteiger partial charge in [0, 0.05) is 36.7 Å². The van der Waals surface area contributed by atoms with Gasteiger partial charge in [0.15, 0.2) is 0 Å². The van der Waals surface area contributed by atoms with Gasteiger partial charge in [-0.25, -0.2) is 0 Å². The Kier molecular flexibility index (Phi) is 7.06. The van der Waals surface area contributed by atoms with Crippen LogP contribution in [0.25, 0.3) is 0 Å². The van der Waals surface area contributed by atoms with Crippen molar-refractivity contribution >= 4 is 23.5 Å². The van der Waals surface area contributed by atoms with Gasteiger partial charge in [-0.05, 0) is 43.4 Å². The van der Waals surface area contributed by atoms with Gasteiger partial charge >= 0.3 is 5.97 Å². The Bertz CT molecular complexity index is 712. The standard InChI is InChI=1S/C22H30N2O4/c25-20-10-5-13-24(20)19-9-4-8-17(15-19)22(28)23-18(11-12-21(26)27)14-16-6-2-1-3-7-16/h4,8-9,15-16,18H,1-3,5-7,10-14H2,(H,23,28)(H,26,27). The molecule has 0 radical (unpaired) electrons. The van der Waals surface area contributed by atoms with Gasteiger partial charge in [0.25, 0.3) is 5.91 Å². The molecule has 1 aromatic carbocycles. The summed E-state index contributed by atoms with van der Waals surface area (Å²) < 4.78 is 0. The number of hydrogen-bond donors (Lipinski definition) is 2. The van der Waals surface area contributed by atoms with Crippen LogP contribution in [0.4, 0.5) is 5.69 Å². The number of amides is 2. The highest BCUT2D eigenvalue weighted by molar-refractivity contribution is 5.99. The van der Waals surface area contributed by atoms with Crippen molar-refractivity contribution in [2.45, 2.75) is 70.3 Å². The van der Waals surface area contributed by atoms with Crippen LogP contribution in [0.15, 0.2) is 24.3 Å². The molecule has 0 bridgehead atoms. The quantitative estimate of drug-likeness (QED) is 0.712. The van der Waals surface area contributed by atoms with Crippen molar-refractivity contribution in [3.8, 4) is 0 Å². The summed E-state index contributed by atoms with van der Waals surface area (Å²) in [5, 5.41) is 12.1. The summed E-state index contributed by atoms with van der Waals surface area (Å²) in [6.45, 7) is 0.687. The Labute approximate surface area is 166 Å². The predicted molar refractivity (Wildman–Crippen MR) is 107 cm³/mol. The molecule has 1 aromatic rings. The molecule has 0 aromatic heterocycles. The van der Waals surface area contributed by atoms with Crippen LogP contribution >= 0.6 is 0 Å². The van der Waals surface area contributed by atoms with Gasteiger partial charge in [0.05, 0.1) is 0 Å². The summed E-state index contributed by atoms with van der Waals surface area (Å²) in [7, 11) is 0. The van der Waals surface area contributed by atoms with E-state index >= 15 is 0 Å². The molecule has 1 aliphatic heterocycles. The molecule has 0 spiro atoms. The second-order valence-corrected chi connectivity index (χ2v) is 8.04. The average Bonchev–Trinajstić information content (AvgIpc) is 3.13. The summed E-state index contributed by atoms with van der Waals surface area (Å²) in [6, 6.07) is 7.01. The number of benzene rings is 1. The SMILES string of the molecule is O=C(O)CCC(CC1CCCCC1)NC(=O)c1cccc(N2CCCC2=O)c1. The molecule has 1 aliphatic carbocycles. The number of aliphatic carboxylic acids is 1. The van der Waals surface area contributed by atoms with Crippen molar-refractivity contribution in [2.75, 3.05) is 11.4 Å². The zero-order valence-corrected chi connectivity index (χ0v) is 16.4. The van der Waals surface area contributed by atoms with Gasteiger partial charge in [-0.1, -0.05) is 38.2 Å². The van der Waals surface area contributed by atoms with E-state index in [2.05, 4.69) is 5.32 Å². The number of carbonyl (C=O) groups is 3. The fourth-order valence-electron chi connectivity index (χ4n) is 4.38. The minimum atomic E-state index is -0.836. The van der Waals surface area contributed by atoms with E-state index < -0.39 is 5.97 Å². The topological polar surface area (TPSA) is 86.7 Å². The van der Waals surface area contributed by atoms with Crippen LogP contribution in [0.3, 0.4) is 0 Å². The molecule has 1 unspecified atom stereocenters. The largest absolute Gasteiger partial charge is 0.481 e. The van der Waals surface area contributed by atoms with Crippen molar-refractivity contribution in [3.05, 3.63) is 29.8 Å². The van der Waals surface area contributed by atoms with Gasteiger partial charge in [-0.3, -0.25) is 14.4 Å². The average molecular weight is 386 g/mol. The monoisotopic (exact) mass is 386 g/mol. The predicted octanol–water partition coefficient (Wildman–Crippen LogP) is 3.75. The van der Waals surface area contributed by atoms with Gasteiger partial charge in [-0.2, -0.15) is 0 Å². The summed E-state index contributed by atoms with van der Waals surface area (Å²) in [5.41, 5.74) is 1.27. The van der Waals surface area contributed by atoms with Crippen LogP contribution in [0, 0.1) is 5.92 Å². The maximum absolute atomic E-state index is 12.8. The van der Waals surface area contributed by atoms with E-state index in [0.717, 1.165) is 31.4 Å². The first-order valence-electron chi connectivity index (χ1n) is 10.5. The number of hydrogen-bond acceptors (Lipinski definition) is 3. The number of nitrogens with zero attached hydrogens (tertiary/aromatic N) is 1. The fraction of sp³-hybridized carbons (Fsp3) is 0.591. The van der Waals surface area contributed by atoms with Crippen LogP contribution < -0.4 is 10.2 Å². The molecular formula is C22H30N2O4. The lowest BCUT2D eigenvalue weighted by Gasteiger charge is -2.27. The lowest BCUT2D eigenvalue weighted by Crippen LogP contribution is -2.37. The number of anilines is 1. The third-order valence-electron chi connectivity index (χ3n) is 5.88. The molecule has 6 heteroatoms. The molecule has 1 saturated heterocycles. The lowest BCUT2D eigenvalue weighted by molar-refractivity contribution is -0.137. The fourth-order valence-corrected chi connectivity index (χ4v) is 4.38. The second-order valence-electron chi connectivity index (χ2n) is 8.04. The molecule has 2 amide bonds. The van der Waals surface area contributed by atoms with E-state index in [0.29, 0.717) is 30.9 Å². The lowest BCUT2D eigenvalue weighted by atomic mass is 9.84.